The normalized spacial score (nSPS) is 16.8. The SMILES string of the molecule is CN(C)CCNC(=O)c1ccn2c1CSC2c1cccnc1. The number of amides is 1. The van der Waals surface area contributed by atoms with E-state index in [1.54, 1.807) is 6.20 Å². The smallest absolute Gasteiger partial charge is 0.253 e. The molecule has 1 unspecified atom stereocenters. The van der Waals surface area contributed by atoms with E-state index < -0.39 is 0 Å². The number of hydrogen-bond donors (Lipinski definition) is 1. The number of likely N-dealkylation sites (N-methyl/N-ethyl adjacent to an activating group) is 1. The third kappa shape index (κ3) is 3.03. The molecule has 0 radical (unpaired) electrons. The van der Waals surface area contributed by atoms with Crippen LogP contribution in [0.15, 0.2) is 36.8 Å². The van der Waals surface area contributed by atoms with Crippen molar-refractivity contribution in [2.75, 3.05) is 27.2 Å². The third-order valence-electron chi connectivity index (χ3n) is 3.71. The molecule has 1 aliphatic heterocycles. The van der Waals surface area contributed by atoms with Crippen molar-refractivity contribution in [3.8, 4) is 0 Å². The Balaban J connectivity index is 1.74. The van der Waals surface area contributed by atoms with E-state index in [0.717, 1.165) is 23.6 Å². The van der Waals surface area contributed by atoms with E-state index in [4.69, 9.17) is 0 Å². The molecule has 3 heterocycles. The van der Waals surface area contributed by atoms with E-state index in [1.807, 2.05) is 50.4 Å². The number of hydrogen-bond acceptors (Lipinski definition) is 4. The van der Waals surface area contributed by atoms with Gasteiger partial charge >= 0.3 is 0 Å². The van der Waals surface area contributed by atoms with Gasteiger partial charge in [-0.1, -0.05) is 6.07 Å². The van der Waals surface area contributed by atoms with Gasteiger partial charge in [0, 0.05) is 48.7 Å². The van der Waals surface area contributed by atoms with Crippen LogP contribution in [0.25, 0.3) is 0 Å². The highest BCUT2D eigenvalue weighted by atomic mass is 32.2. The molecule has 0 saturated heterocycles. The van der Waals surface area contributed by atoms with Gasteiger partial charge in [0.05, 0.1) is 5.56 Å². The van der Waals surface area contributed by atoms with E-state index >= 15 is 0 Å². The largest absolute Gasteiger partial charge is 0.351 e. The van der Waals surface area contributed by atoms with Crippen molar-refractivity contribution >= 4 is 17.7 Å². The number of aromatic nitrogens is 2. The molecule has 116 valence electrons. The van der Waals surface area contributed by atoms with E-state index in [2.05, 4.69) is 25.8 Å². The van der Waals surface area contributed by atoms with Gasteiger partial charge in [-0.2, -0.15) is 0 Å². The van der Waals surface area contributed by atoms with Crippen LogP contribution < -0.4 is 5.32 Å². The Morgan fingerprint density at radius 3 is 3.09 bits per heavy atom. The van der Waals surface area contributed by atoms with Crippen molar-refractivity contribution in [3.05, 3.63) is 53.6 Å². The number of fused-ring (bicyclic) bond motifs is 1. The van der Waals surface area contributed by atoms with Crippen LogP contribution in [-0.2, 0) is 5.75 Å². The summed E-state index contributed by atoms with van der Waals surface area (Å²) >= 11 is 1.83. The number of carbonyl (C=O) groups excluding carboxylic acids is 1. The van der Waals surface area contributed by atoms with Crippen LogP contribution in [-0.4, -0.2) is 47.5 Å². The number of nitrogens with one attached hydrogen (secondary N) is 1. The van der Waals surface area contributed by atoms with E-state index in [1.165, 1.54) is 5.56 Å². The van der Waals surface area contributed by atoms with E-state index in [-0.39, 0.29) is 11.3 Å². The predicted octanol–water partition coefficient (Wildman–Crippen LogP) is 1.97. The van der Waals surface area contributed by atoms with Crippen LogP contribution in [0, 0.1) is 0 Å². The molecule has 0 bridgehead atoms. The molecule has 2 aromatic rings. The molecule has 3 rings (SSSR count). The molecule has 0 fully saturated rings. The van der Waals surface area contributed by atoms with Crippen LogP contribution in [0.3, 0.4) is 0 Å². The first-order chi connectivity index (χ1) is 10.7. The maximum atomic E-state index is 12.3. The standard InChI is InChI=1S/C16H20N4OS/c1-19(2)9-7-18-15(21)13-5-8-20-14(13)11-22-16(20)12-4-3-6-17-10-12/h3-6,8,10,16H,7,9,11H2,1-2H3,(H,18,21). The fourth-order valence-electron chi connectivity index (χ4n) is 2.56. The lowest BCUT2D eigenvalue weighted by Gasteiger charge is -2.12. The Morgan fingerprint density at radius 2 is 2.36 bits per heavy atom. The lowest BCUT2D eigenvalue weighted by Crippen LogP contribution is -2.31. The minimum atomic E-state index is 0.0167. The summed E-state index contributed by atoms with van der Waals surface area (Å²) in [7, 11) is 3.99. The highest BCUT2D eigenvalue weighted by Gasteiger charge is 2.28. The molecule has 1 atom stereocenters. The first kappa shape index (κ1) is 15.1. The van der Waals surface area contributed by atoms with Crippen molar-refractivity contribution in [3.63, 3.8) is 0 Å². The van der Waals surface area contributed by atoms with Crippen molar-refractivity contribution in [2.45, 2.75) is 11.1 Å². The van der Waals surface area contributed by atoms with Crippen LogP contribution in [0.1, 0.15) is 27.0 Å². The average Bonchev–Trinajstić information content (AvgIpc) is 3.08. The Morgan fingerprint density at radius 1 is 1.50 bits per heavy atom. The number of nitrogens with zero attached hydrogens (tertiary/aromatic N) is 3. The second-order valence-electron chi connectivity index (χ2n) is 5.59. The molecular weight excluding hydrogens is 296 g/mol. The van der Waals surface area contributed by atoms with Gasteiger partial charge in [-0.05, 0) is 26.2 Å². The highest BCUT2D eigenvalue weighted by molar-refractivity contribution is 7.99. The molecule has 0 aliphatic carbocycles. The number of carbonyl (C=O) groups is 1. The quantitative estimate of drug-likeness (QED) is 0.916. The van der Waals surface area contributed by atoms with Gasteiger partial charge in [0.1, 0.15) is 5.37 Å². The molecular formula is C16H20N4OS. The zero-order valence-electron chi connectivity index (χ0n) is 12.8. The first-order valence-corrected chi connectivity index (χ1v) is 8.36. The Bertz CT molecular complexity index is 653. The molecule has 0 aromatic carbocycles. The first-order valence-electron chi connectivity index (χ1n) is 7.31. The highest BCUT2D eigenvalue weighted by Crippen LogP contribution is 2.41. The fourth-order valence-corrected chi connectivity index (χ4v) is 3.87. The van der Waals surface area contributed by atoms with Gasteiger partial charge in [0.25, 0.3) is 5.91 Å². The summed E-state index contributed by atoms with van der Waals surface area (Å²) in [5, 5.41) is 3.20. The molecule has 5 nitrogen and oxygen atoms in total. The van der Waals surface area contributed by atoms with Crippen molar-refractivity contribution < 1.29 is 4.79 Å². The van der Waals surface area contributed by atoms with Crippen molar-refractivity contribution in [1.82, 2.24) is 19.8 Å². The van der Waals surface area contributed by atoms with Crippen molar-refractivity contribution in [2.24, 2.45) is 0 Å². The third-order valence-corrected chi connectivity index (χ3v) is 4.97. The molecule has 2 aromatic heterocycles. The number of rotatable bonds is 5. The number of thioether (sulfide) groups is 1. The lowest BCUT2D eigenvalue weighted by atomic mass is 10.2. The summed E-state index contributed by atoms with van der Waals surface area (Å²) in [6.07, 6.45) is 5.68. The topological polar surface area (TPSA) is 50.2 Å². The molecule has 0 spiro atoms. The molecule has 22 heavy (non-hydrogen) atoms. The monoisotopic (exact) mass is 316 g/mol. The maximum Gasteiger partial charge on any atom is 0.253 e. The number of pyridine rings is 1. The molecule has 6 heteroatoms. The zero-order chi connectivity index (χ0) is 15.5. The fraction of sp³-hybridized carbons (Fsp3) is 0.375. The summed E-state index contributed by atoms with van der Waals surface area (Å²) in [6, 6.07) is 5.95. The zero-order valence-corrected chi connectivity index (χ0v) is 13.6. The van der Waals surface area contributed by atoms with Crippen LogP contribution in [0.5, 0.6) is 0 Å². The minimum Gasteiger partial charge on any atom is -0.351 e. The summed E-state index contributed by atoms with van der Waals surface area (Å²) in [6.45, 7) is 1.50. The average molecular weight is 316 g/mol. The van der Waals surface area contributed by atoms with Crippen LogP contribution in [0.4, 0.5) is 0 Å². The Kier molecular flexibility index (Phi) is 4.49. The Hall–Kier alpha value is -1.79. The van der Waals surface area contributed by atoms with Gasteiger partial charge in [-0.15, -0.1) is 11.8 Å². The summed E-state index contributed by atoms with van der Waals surface area (Å²) in [4.78, 5) is 18.6. The van der Waals surface area contributed by atoms with Gasteiger partial charge in [-0.25, -0.2) is 0 Å². The van der Waals surface area contributed by atoms with Crippen LogP contribution in [0.2, 0.25) is 0 Å². The molecule has 1 aliphatic rings. The summed E-state index contributed by atoms with van der Waals surface area (Å²) in [5.74, 6) is 0.867. The van der Waals surface area contributed by atoms with Gasteiger partial charge in [0.15, 0.2) is 0 Å². The molecule has 0 saturated carbocycles. The van der Waals surface area contributed by atoms with E-state index in [0.29, 0.717) is 6.54 Å². The second-order valence-corrected chi connectivity index (χ2v) is 6.66. The predicted molar refractivity (Wildman–Crippen MR) is 89.0 cm³/mol. The minimum absolute atomic E-state index is 0.0167. The Labute approximate surface area is 134 Å². The maximum absolute atomic E-state index is 12.3. The van der Waals surface area contributed by atoms with Crippen molar-refractivity contribution in [1.29, 1.82) is 0 Å². The van der Waals surface area contributed by atoms with Gasteiger partial charge in [-0.3, -0.25) is 9.78 Å². The van der Waals surface area contributed by atoms with Gasteiger partial charge in [0.2, 0.25) is 0 Å². The second kappa shape index (κ2) is 6.54. The summed E-state index contributed by atoms with van der Waals surface area (Å²) < 4.78 is 2.18. The summed E-state index contributed by atoms with van der Waals surface area (Å²) in [5.41, 5.74) is 3.06. The van der Waals surface area contributed by atoms with E-state index in [9.17, 15) is 4.79 Å². The lowest BCUT2D eigenvalue weighted by molar-refractivity contribution is 0.0950. The van der Waals surface area contributed by atoms with Crippen LogP contribution >= 0.6 is 11.8 Å². The van der Waals surface area contributed by atoms with Gasteiger partial charge < -0.3 is 14.8 Å². The molecule has 1 amide bonds. The molecule has 1 N–H and O–H groups in total.